The SMILES string of the molecule is C.C.C.C.C.C.CC(C)C1=NOC2(CCCN(C(C)C)C2)C1.CC(C)N1CCCC2(CC(C(=O)N(C)C)=NO2)C1.CC(C)N1CCCC2(CC(C(=O)O)=NO2)C1.CC(C)N1CCCC2(CCN(c3ccccc3)C2=O)C1.CCOC(=O)C1=NOC2(CCCN(C(C)C)C2)C1. The lowest BCUT2D eigenvalue weighted by Crippen LogP contribution is -2.51. The predicted molar refractivity (Wildman–Crippen MR) is 387 cm³/mol. The molecule has 11 rings (SSSR count). The van der Waals surface area contributed by atoms with Crippen molar-refractivity contribution in [1.29, 1.82) is 0 Å². The van der Waals surface area contributed by atoms with E-state index >= 15 is 0 Å². The minimum Gasteiger partial charge on any atom is -0.477 e. The van der Waals surface area contributed by atoms with E-state index < -0.39 is 5.97 Å². The van der Waals surface area contributed by atoms with Crippen molar-refractivity contribution in [2.24, 2.45) is 32.0 Å². The number of oxime groups is 4. The number of likely N-dealkylation sites (tertiary alicyclic amines) is 5. The highest BCUT2D eigenvalue weighted by Gasteiger charge is 2.51. The second-order valence-corrected chi connectivity index (χ2v) is 28.5. The van der Waals surface area contributed by atoms with Gasteiger partial charge in [0.1, 0.15) is 5.71 Å². The molecule has 0 aliphatic carbocycles. The molecule has 10 heterocycles. The van der Waals surface area contributed by atoms with Gasteiger partial charge in [0.2, 0.25) is 5.91 Å². The lowest BCUT2D eigenvalue weighted by atomic mass is 9.78. The number of esters is 1. The number of aliphatic carboxylic acids is 1. The number of hydrogen-bond acceptors (Lipinski definition) is 18. The number of carbonyl (C=O) groups excluding carboxylic acids is 3. The van der Waals surface area contributed by atoms with Gasteiger partial charge in [0.25, 0.3) is 5.91 Å². The van der Waals surface area contributed by atoms with Gasteiger partial charge >= 0.3 is 11.9 Å². The average molecular weight is 1330 g/mol. The minimum atomic E-state index is -0.960. The van der Waals surface area contributed by atoms with Crippen LogP contribution in [0.15, 0.2) is 51.0 Å². The molecule has 5 spiro atoms. The van der Waals surface area contributed by atoms with E-state index in [0.29, 0.717) is 79.3 Å². The molecular weight excluding hydrogens is 1190 g/mol. The number of nitrogens with zero attached hydrogens (tertiary/aromatic N) is 11. The van der Waals surface area contributed by atoms with Crippen LogP contribution >= 0.6 is 0 Å². The summed E-state index contributed by atoms with van der Waals surface area (Å²) in [6.07, 6.45) is 14.4. The Labute approximate surface area is 571 Å². The first-order valence-corrected chi connectivity index (χ1v) is 33.4. The Morgan fingerprint density at radius 1 is 0.500 bits per heavy atom. The van der Waals surface area contributed by atoms with E-state index in [9.17, 15) is 19.2 Å². The molecule has 1 aromatic carbocycles. The number of carboxylic acid groups (broad SMARTS) is 1. The molecule has 5 unspecified atom stereocenters. The Balaban J connectivity index is 0.000000580. The maximum Gasteiger partial charge on any atom is 0.356 e. The van der Waals surface area contributed by atoms with E-state index in [0.717, 1.165) is 142 Å². The molecule has 0 saturated carbocycles. The van der Waals surface area contributed by atoms with Crippen molar-refractivity contribution in [3.05, 3.63) is 30.3 Å². The van der Waals surface area contributed by atoms with Gasteiger partial charge in [0, 0.05) is 115 Å². The molecule has 1 aromatic rings. The normalized spacial score (nSPS) is 27.3. The zero-order chi connectivity index (χ0) is 64.2. The number of amides is 2. The molecule has 542 valence electrons. The van der Waals surface area contributed by atoms with Crippen LogP contribution in [-0.4, -0.2) is 226 Å². The van der Waals surface area contributed by atoms with Crippen LogP contribution in [0.2, 0.25) is 0 Å². The lowest BCUT2D eigenvalue weighted by molar-refractivity contribution is -0.135. The fourth-order valence-electron chi connectivity index (χ4n) is 14.1. The van der Waals surface area contributed by atoms with Gasteiger partial charge in [0.15, 0.2) is 33.8 Å². The van der Waals surface area contributed by atoms with Crippen molar-refractivity contribution in [1.82, 2.24) is 29.4 Å². The molecule has 94 heavy (non-hydrogen) atoms. The van der Waals surface area contributed by atoms with Crippen LogP contribution in [0.4, 0.5) is 5.69 Å². The lowest BCUT2D eigenvalue weighted by Gasteiger charge is -2.41. The summed E-state index contributed by atoms with van der Waals surface area (Å²) in [5.41, 5.74) is 2.38. The van der Waals surface area contributed by atoms with Crippen molar-refractivity contribution in [2.75, 3.05) is 97.6 Å². The van der Waals surface area contributed by atoms with Gasteiger partial charge in [-0.15, -0.1) is 0 Å². The van der Waals surface area contributed by atoms with E-state index in [1.54, 1.807) is 25.9 Å². The van der Waals surface area contributed by atoms with E-state index in [1.807, 2.05) is 35.2 Å². The molecule has 0 radical (unpaired) electrons. The van der Waals surface area contributed by atoms with Gasteiger partial charge in [-0.25, -0.2) is 9.59 Å². The summed E-state index contributed by atoms with van der Waals surface area (Å²) in [5.74, 6) is -0.467. The zero-order valence-electron chi connectivity index (χ0n) is 56.5. The minimum absolute atomic E-state index is 0. The van der Waals surface area contributed by atoms with Crippen molar-refractivity contribution in [3.63, 3.8) is 0 Å². The fraction of sp³-hybridized carbons (Fsp3) is 0.808. The highest BCUT2D eigenvalue weighted by molar-refractivity contribution is 6.39. The Bertz CT molecular complexity index is 2630. The van der Waals surface area contributed by atoms with Crippen molar-refractivity contribution >= 4 is 52.3 Å². The molecular formula is C73H135N11O10. The summed E-state index contributed by atoms with van der Waals surface area (Å²) in [5, 5.41) is 24.8. The highest BCUT2D eigenvalue weighted by atomic mass is 16.7. The molecule has 21 nitrogen and oxygen atoms in total. The Morgan fingerprint density at radius 2 is 0.862 bits per heavy atom. The fourth-order valence-corrected chi connectivity index (χ4v) is 14.1. The van der Waals surface area contributed by atoms with E-state index in [2.05, 4.69) is 128 Å². The number of rotatable bonds is 11. The number of hydrogen-bond donors (Lipinski definition) is 1. The molecule has 1 N–H and O–H groups in total. The van der Waals surface area contributed by atoms with Gasteiger partial charge < -0.3 is 39.0 Å². The first-order chi connectivity index (χ1) is 41.7. The van der Waals surface area contributed by atoms with Crippen LogP contribution < -0.4 is 4.90 Å². The summed E-state index contributed by atoms with van der Waals surface area (Å²) >= 11 is 0. The zero-order valence-corrected chi connectivity index (χ0v) is 56.5. The number of carboxylic acids is 1. The molecule has 21 heteroatoms. The molecule has 6 saturated heterocycles. The van der Waals surface area contributed by atoms with E-state index in [1.165, 1.54) is 18.7 Å². The molecule has 10 aliphatic heterocycles. The predicted octanol–water partition coefficient (Wildman–Crippen LogP) is 13.1. The Morgan fingerprint density at radius 3 is 1.23 bits per heavy atom. The van der Waals surface area contributed by atoms with E-state index in [4.69, 9.17) is 29.2 Å². The summed E-state index contributed by atoms with van der Waals surface area (Å²) < 4.78 is 4.97. The van der Waals surface area contributed by atoms with Gasteiger partial charge in [-0.1, -0.05) is 97.2 Å². The number of benzene rings is 1. The van der Waals surface area contributed by atoms with Crippen LogP contribution in [0.3, 0.4) is 0 Å². The number of anilines is 1. The van der Waals surface area contributed by atoms with Gasteiger partial charge in [-0.3, -0.25) is 34.1 Å². The molecule has 5 atom stereocenters. The van der Waals surface area contributed by atoms with Crippen molar-refractivity contribution < 1.29 is 48.4 Å². The number of piperidine rings is 5. The number of ether oxygens (including phenoxy) is 1. The topological polar surface area (TPSA) is 207 Å². The van der Waals surface area contributed by atoms with Crippen molar-refractivity contribution in [3.8, 4) is 0 Å². The smallest absolute Gasteiger partial charge is 0.356 e. The third-order valence-electron chi connectivity index (χ3n) is 19.6. The van der Waals surface area contributed by atoms with Gasteiger partial charge in [-0.2, -0.15) is 0 Å². The second kappa shape index (κ2) is 38.1. The van der Waals surface area contributed by atoms with Crippen LogP contribution in [0.25, 0.3) is 0 Å². The summed E-state index contributed by atoms with van der Waals surface area (Å²) in [4.78, 5) is 85.4. The Kier molecular flexibility index (Phi) is 35.1. The molecule has 2 amide bonds. The maximum atomic E-state index is 13.0. The second-order valence-electron chi connectivity index (χ2n) is 28.5. The third kappa shape index (κ3) is 22.2. The largest absolute Gasteiger partial charge is 0.477 e. The quantitative estimate of drug-likeness (QED) is 0.205. The third-order valence-corrected chi connectivity index (χ3v) is 19.6. The van der Waals surface area contributed by atoms with Crippen molar-refractivity contribution in [2.45, 2.75) is 283 Å². The van der Waals surface area contributed by atoms with Gasteiger partial charge in [0.05, 0.1) is 17.7 Å². The van der Waals surface area contributed by atoms with Crippen LogP contribution in [0, 0.1) is 11.3 Å². The Hall–Kier alpha value is -5.22. The highest BCUT2D eigenvalue weighted by Crippen LogP contribution is 2.43. The first kappa shape index (κ1) is 86.8. The van der Waals surface area contributed by atoms with Crippen LogP contribution in [0.5, 0.6) is 0 Å². The number of para-hydroxylation sites is 1. The molecule has 0 bridgehead atoms. The molecule has 6 fully saturated rings. The standard InChI is InChI=1S/C17H24N2O.C13H23N3O2.C13H22N2O3.C13H24N2O.C11H18N2O3.6CH4/c1-14(2)18-11-6-9-17(13-18)10-12-19(16(17)20)15-7-4-3-5-8-15;1-10(2)16-7-5-6-13(9-16)8-11(14-18-13)12(17)15(3)4;1-4-17-12(16)11-8-13(18-14-11)6-5-7-15(9-13)10(2)3;1-10(2)12-8-13(16-14-12)6-5-7-15(9-13)11(3)4;1-8(2)13-5-3-4-11(7-13)6-9(10(14)15)12-16-11;;;;;;/h3-5,7-8,14H,6,9-13H2,1-2H3;10H,5-9H2,1-4H3;10H,4-9H2,1-3H3;10-11H,5-9H2,1-4H3;8H,3-7H2,1-2H3,(H,14,15);6*1H4. The van der Waals surface area contributed by atoms with Gasteiger partial charge in [-0.05, 0) is 198 Å². The first-order valence-electron chi connectivity index (χ1n) is 33.4. The molecule has 10 aliphatic rings. The van der Waals surface area contributed by atoms with E-state index in [-0.39, 0.29) is 90.0 Å². The number of carbonyl (C=O) groups is 4. The van der Waals surface area contributed by atoms with Crippen LogP contribution in [-0.2, 0) is 43.3 Å². The maximum absolute atomic E-state index is 13.0. The summed E-state index contributed by atoms with van der Waals surface area (Å²) in [6.45, 7) is 39.6. The molecule has 0 aromatic heterocycles. The average Bonchev–Trinajstić information content (AvgIpc) is 1.62. The monoisotopic (exact) mass is 1330 g/mol. The van der Waals surface area contributed by atoms with Crippen LogP contribution in [0.1, 0.15) is 231 Å². The summed E-state index contributed by atoms with van der Waals surface area (Å²) in [6, 6.07) is 12.7. The summed E-state index contributed by atoms with van der Waals surface area (Å²) in [7, 11) is 3.49.